The van der Waals surface area contributed by atoms with Gasteiger partial charge >= 0.3 is 0 Å². The quantitative estimate of drug-likeness (QED) is 0.552. The molecule has 0 radical (unpaired) electrons. The van der Waals surface area contributed by atoms with Crippen LogP contribution >= 0.6 is 0 Å². The van der Waals surface area contributed by atoms with Crippen LogP contribution in [-0.2, 0) is 0 Å². The summed E-state index contributed by atoms with van der Waals surface area (Å²) >= 11 is 0. The topological polar surface area (TPSA) is 61.0 Å². The SMILES string of the molecule is CCC(C)CN.N. The summed E-state index contributed by atoms with van der Waals surface area (Å²) in [5.74, 6) is 0.713. The summed E-state index contributed by atoms with van der Waals surface area (Å²) in [6, 6.07) is 0. The molecule has 0 aliphatic rings. The predicted octanol–water partition coefficient (Wildman–Crippen LogP) is 1.15. The van der Waals surface area contributed by atoms with Gasteiger partial charge in [-0.3, -0.25) is 0 Å². The van der Waals surface area contributed by atoms with Crippen molar-refractivity contribution in [3.05, 3.63) is 0 Å². The van der Waals surface area contributed by atoms with Crippen LogP contribution in [0, 0.1) is 5.92 Å². The Labute approximate surface area is 45.7 Å². The normalized spacial score (nSPS) is 12.4. The van der Waals surface area contributed by atoms with Crippen molar-refractivity contribution in [2.24, 2.45) is 11.7 Å². The van der Waals surface area contributed by atoms with E-state index in [0.29, 0.717) is 5.92 Å². The van der Waals surface area contributed by atoms with E-state index in [1.807, 2.05) is 0 Å². The van der Waals surface area contributed by atoms with Gasteiger partial charge in [0.05, 0.1) is 0 Å². The maximum Gasteiger partial charge on any atom is -0.00516 e. The second-order valence-corrected chi connectivity index (χ2v) is 1.75. The van der Waals surface area contributed by atoms with Crippen molar-refractivity contribution < 1.29 is 0 Å². The molecular weight excluding hydrogens is 88.1 g/mol. The van der Waals surface area contributed by atoms with Crippen LogP contribution in [0.1, 0.15) is 20.3 Å². The van der Waals surface area contributed by atoms with Crippen molar-refractivity contribution >= 4 is 0 Å². The minimum atomic E-state index is 0. The lowest BCUT2D eigenvalue weighted by molar-refractivity contribution is 0.576. The van der Waals surface area contributed by atoms with E-state index >= 15 is 0 Å². The Kier molecular flexibility index (Phi) is 8.47. The zero-order valence-corrected chi connectivity index (χ0v) is 5.28. The fraction of sp³-hybridized carbons (Fsp3) is 1.00. The van der Waals surface area contributed by atoms with E-state index in [4.69, 9.17) is 5.73 Å². The molecule has 46 valence electrons. The highest BCUT2D eigenvalue weighted by atomic mass is 14.5. The molecule has 1 unspecified atom stereocenters. The summed E-state index contributed by atoms with van der Waals surface area (Å²) in [5, 5.41) is 0. The van der Waals surface area contributed by atoms with E-state index in [-0.39, 0.29) is 6.15 Å². The molecule has 0 fully saturated rings. The van der Waals surface area contributed by atoms with Gasteiger partial charge in [-0.1, -0.05) is 20.3 Å². The maximum atomic E-state index is 5.28. The van der Waals surface area contributed by atoms with Gasteiger partial charge in [-0.25, -0.2) is 0 Å². The minimum Gasteiger partial charge on any atom is -0.344 e. The molecule has 0 amide bonds. The zero-order chi connectivity index (χ0) is 4.99. The van der Waals surface area contributed by atoms with Crippen LogP contribution in [0.3, 0.4) is 0 Å². The van der Waals surface area contributed by atoms with Gasteiger partial charge in [-0.15, -0.1) is 0 Å². The molecule has 0 saturated heterocycles. The van der Waals surface area contributed by atoms with Crippen LogP contribution in [0.5, 0.6) is 0 Å². The van der Waals surface area contributed by atoms with E-state index in [2.05, 4.69) is 13.8 Å². The van der Waals surface area contributed by atoms with E-state index in [1.54, 1.807) is 0 Å². The average molecular weight is 104 g/mol. The molecule has 0 aromatic carbocycles. The first-order valence-corrected chi connectivity index (χ1v) is 2.51. The molecule has 0 rings (SSSR count). The monoisotopic (exact) mass is 104 g/mol. The van der Waals surface area contributed by atoms with Gasteiger partial charge in [0.25, 0.3) is 0 Å². The number of hydrogen-bond acceptors (Lipinski definition) is 2. The molecule has 0 aromatic rings. The van der Waals surface area contributed by atoms with Gasteiger partial charge in [0.15, 0.2) is 0 Å². The summed E-state index contributed by atoms with van der Waals surface area (Å²) in [7, 11) is 0. The summed E-state index contributed by atoms with van der Waals surface area (Å²) in [5.41, 5.74) is 5.28. The molecule has 0 heterocycles. The lowest BCUT2D eigenvalue weighted by atomic mass is 10.1. The summed E-state index contributed by atoms with van der Waals surface area (Å²) in [6.07, 6.45) is 1.20. The van der Waals surface area contributed by atoms with Gasteiger partial charge in [-0.2, -0.15) is 0 Å². The van der Waals surface area contributed by atoms with Gasteiger partial charge in [-0.05, 0) is 12.5 Å². The van der Waals surface area contributed by atoms with Crippen LogP contribution in [0.15, 0.2) is 0 Å². The molecule has 7 heavy (non-hydrogen) atoms. The molecule has 1 atom stereocenters. The number of hydrogen-bond donors (Lipinski definition) is 2. The van der Waals surface area contributed by atoms with Gasteiger partial charge in [0.1, 0.15) is 0 Å². The fourth-order valence-corrected chi connectivity index (χ4v) is 0.167. The first kappa shape index (κ1) is 10.0. The maximum absolute atomic E-state index is 5.28. The summed E-state index contributed by atoms with van der Waals surface area (Å²) in [4.78, 5) is 0. The molecule has 2 nitrogen and oxygen atoms in total. The Hall–Kier alpha value is -0.0800. The lowest BCUT2D eigenvalue weighted by Crippen LogP contribution is -2.08. The Balaban J connectivity index is 0. The lowest BCUT2D eigenvalue weighted by Gasteiger charge is -1.98. The zero-order valence-electron chi connectivity index (χ0n) is 5.28. The van der Waals surface area contributed by atoms with Crippen molar-refractivity contribution in [3.63, 3.8) is 0 Å². The van der Waals surface area contributed by atoms with E-state index in [1.165, 1.54) is 6.42 Å². The summed E-state index contributed by atoms with van der Waals surface area (Å²) in [6.45, 7) is 5.13. The highest BCUT2D eigenvalue weighted by molar-refractivity contribution is 4.45. The van der Waals surface area contributed by atoms with Crippen LogP contribution < -0.4 is 11.9 Å². The molecule has 0 aliphatic heterocycles. The third kappa shape index (κ3) is 5.92. The smallest absolute Gasteiger partial charge is 0.00516 e. The Morgan fingerprint density at radius 1 is 1.57 bits per heavy atom. The Bertz CT molecular complexity index is 25.3. The first-order chi connectivity index (χ1) is 2.81. The van der Waals surface area contributed by atoms with Crippen molar-refractivity contribution in [1.29, 1.82) is 0 Å². The average Bonchev–Trinajstić information content (AvgIpc) is 1.65. The molecule has 0 bridgehead atoms. The van der Waals surface area contributed by atoms with Crippen LogP contribution in [-0.4, -0.2) is 6.54 Å². The highest BCUT2D eigenvalue weighted by Crippen LogP contribution is 1.93. The number of nitrogens with two attached hydrogens (primary N) is 1. The number of rotatable bonds is 2. The van der Waals surface area contributed by atoms with E-state index in [0.717, 1.165) is 6.54 Å². The van der Waals surface area contributed by atoms with Crippen molar-refractivity contribution in [2.75, 3.05) is 6.54 Å². The molecular formula is C5H16N2. The first-order valence-electron chi connectivity index (χ1n) is 2.51. The largest absolute Gasteiger partial charge is 0.344 e. The van der Waals surface area contributed by atoms with E-state index in [9.17, 15) is 0 Å². The molecule has 0 saturated carbocycles. The third-order valence-electron chi connectivity index (χ3n) is 1.10. The second-order valence-electron chi connectivity index (χ2n) is 1.75. The Morgan fingerprint density at radius 3 is 2.00 bits per heavy atom. The van der Waals surface area contributed by atoms with Crippen LogP contribution in [0.2, 0.25) is 0 Å². The van der Waals surface area contributed by atoms with Crippen molar-refractivity contribution in [2.45, 2.75) is 20.3 Å². The van der Waals surface area contributed by atoms with Gasteiger partial charge in [0.2, 0.25) is 0 Å². The molecule has 2 heteroatoms. The summed E-state index contributed by atoms with van der Waals surface area (Å²) < 4.78 is 0. The van der Waals surface area contributed by atoms with Gasteiger partial charge < -0.3 is 11.9 Å². The molecule has 5 N–H and O–H groups in total. The van der Waals surface area contributed by atoms with Crippen LogP contribution in [0.25, 0.3) is 0 Å². The highest BCUT2D eigenvalue weighted by Gasteiger charge is 1.88. The van der Waals surface area contributed by atoms with E-state index < -0.39 is 0 Å². The molecule has 0 spiro atoms. The minimum absolute atomic E-state index is 0. The standard InChI is InChI=1S/C5H13N.H3N/c1-3-5(2)4-6;/h5H,3-4,6H2,1-2H3;1H3. The van der Waals surface area contributed by atoms with Crippen molar-refractivity contribution in [3.8, 4) is 0 Å². The molecule has 0 aliphatic carbocycles. The predicted molar refractivity (Wildman–Crippen MR) is 33.5 cm³/mol. The second kappa shape index (κ2) is 5.92. The van der Waals surface area contributed by atoms with Crippen LogP contribution in [0.4, 0.5) is 0 Å². The third-order valence-corrected chi connectivity index (χ3v) is 1.10. The van der Waals surface area contributed by atoms with Gasteiger partial charge in [0, 0.05) is 0 Å². The molecule has 0 aromatic heterocycles. The fourth-order valence-electron chi connectivity index (χ4n) is 0.167. The van der Waals surface area contributed by atoms with Crippen molar-refractivity contribution in [1.82, 2.24) is 6.15 Å². The Morgan fingerprint density at radius 2 is 2.00 bits per heavy atom.